The number of likely N-dealkylation sites (N-methyl/N-ethyl adjacent to an activating group) is 1. The molecule has 0 unspecified atom stereocenters. The number of hydrogen-bond donors (Lipinski definition) is 1. The van der Waals surface area contributed by atoms with Crippen molar-refractivity contribution in [2.24, 2.45) is 0 Å². The summed E-state index contributed by atoms with van der Waals surface area (Å²) in [6, 6.07) is 0.196. The van der Waals surface area contributed by atoms with Gasteiger partial charge in [0.05, 0.1) is 23.2 Å². The lowest BCUT2D eigenvalue weighted by Crippen LogP contribution is -2.56. The van der Waals surface area contributed by atoms with Gasteiger partial charge in [-0.1, -0.05) is 0 Å². The van der Waals surface area contributed by atoms with Gasteiger partial charge >= 0.3 is 0 Å². The van der Waals surface area contributed by atoms with E-state index in [-0.39, 0.29) is 29.8 Å². The van der Waals surface area contributed by atoms with Gasteiger partial charge in [-0.2, -0.15) is 0 Å². The molecule has 3 amide bonds. The summed E-state index contributed by atoms with van der Waals surface area (Å²) in [6.45, 7) is 8.51. The zero-order valence-electron chi connectivity index (χ0n) is 21.2. The Bertz CT molecular complexity index is 938. The molecule has 10 heteroatoms. The molecule has 9 nitrogen and oxygen atoms in total. The Labute approximate surface area is 211 Å². The Morgan fingerprint density at radius 3 is 2.54 bits per heavy atom. The number of nitrogens with zero attached hydrogens (tertiary/aromatic N) is 5. The van der Waals surface area contributed by atoms with Crippen molar-refractivity contribution in [3.63, 3.8) is 0 Å². The molecular weight excluding hydrogens is 464 g/mol. The third kappa shape index (κ3) is 4.97. The van der Waals surface area contributed by atoms with E-state index in [0.717, 1.165) is 64.1 Å². The van der Waals surface area contributed by atoms with Crippen LogP contribution in [-0.2, 0) is 20.9 Å². The van der Waals surface area contributed by atoms with E-state index in [1.165, 1.54) is 4.88 Å². The number of nitrogens with one attached hydrogen (secondary N) is 1. The molecule has 1 aromatic heterocycles. The van der Waals surface area contributed by atoms with Gasteiger partial charge in [0, 0.05) is 63.2 Å². The zero-order chi connectivity index (χ0) is 24.7. The number of hydrogen-bond acceptors (Lipinski definition) is 7. The van der Waals surface area contributed by atoms with E-state index in [1.807, 2.05) is 15.3 Å². The topological polar surface area (TPSA) is 89.1 Å². The molecule has 1 N–H and O–H groups in total. The molecule has 4 fully saturated rings. The maximum Gasteiger partial charge on any atom is 0.243 e. The van der Waals surface area contributed by atoms with Crippen LogP contribution in [0.3, 0.4) is 0 Å². The standard InChI is InChI=1S/C25H38N6O3S/c1-17-22(35-16-26-17)15-29-10-6-25(7-11-29)13-23(33)31-14-20(12-21(31)24(34)27-25)28(3)19-4-8-30(9-5-19)18(2)32/h16,19-21H,4-15H2,1-3H3,(H,27,34)/t20-,21-/m0/s1. The molecule has 1 aromatic rings. The van der Waals surface area contributed by atoms with Crippen molar-refractivity contribution in [3.8, 4) is 0 Å². The molecule has 5 rings (SSSR count). The third-order valence-electron chi connectivity index (χ3n) is 8.87. The number of piperidine rings is 2. The summed E-state index contributed by atoms with van der Waals surface area (Å²) in [4.78, 5) is 52.6. The largest absolute Gasteiger partial charge is 0.348 e. The highest BCUT2D eigenvalue weighted by Crippen LogP contribution is 2.35. The minimum Gasteiger partial charge on any atom is -0.348 e. The number of aryl methyl sites for hydroxylation is 1. The molecule has 4 aliphatic heterocycles. The number of thiazole rings is 1. The van der Waals surface area contributed by atoms with Crippen molar-refractivity contribution in [1.82, 2.24) is 29.9 Å². The molecule has 0 radical (unpaired) electrons. The normalized spacial score (nSPS) is 27.9. The minimum atomic E-state index is -0.418. The lowest BCUT2D eigenvalue weighted by Gasteiger charge is -2.41. The molecule has 0 aromatic carbocycles. The molecular formula is C25H38N6O3S. The highest BCUT2D eigenvalue weighted by Gasteiger charge is 2.50. The summed E-state index contributed by atoms with van der Waals surface area (Å²) in [5, 5.41) is 3.34. The fourth-order valence-corrected chi connectivity index (χ4v) is 7.24. The molecule has 0 saturated carbocycles. The Morgan fingerprint density at radius 2 is 1.91 bits per heavy atom. The number of fused-ring (bicyclic) bond motifs is 1. The molecule has 1 spiro atoms. The first-order chi connectivity index (χ1) is 16.7. The summed E-state index contributed by atoms with van der Waals surface area (Å²) in [7, 11) is 2.12. The predicted octanol–water partition coefficient (Wildman–Crippen LogP) is 1.22. The molecule has 4 saturated heterocycles. The average molecular weight is 503 g/mol. The van der Waals surface area contributed by atoms with Crippen LogP contribution in [0.25, 0.3) is 0 Å². The van der Waals surface area contributed by atoms with Gasteiger partial charge in [0.1, 0.15) is 6.04 Å². The van der Waals surface area contributed by atoms with Gasteiger partial charge in [0.15, 0.2) is 0 Å². The van der Waals surface area contributed by atoms with E-state index in [4.69, 9.17) is 0 Å². The second-order valence-electron chi connectivity index (χ2n) is 10.9. The van der Waals surface area contributed by atoms with Crippen molar-refractivity contribution >= 4 is 29.1 Å². The van der Waals surface area contributed by atoms with Crippen LogP contribution in [0.2, 0.25) is 0 Å². The van der Waals surface area contributed by atoms with Crippen LogP contribution in [0, 0.1) is 6.92 Å². The first kappa shape index (κ1) is 24.6. The Balaban J connectivity index is 1.18. The van der Waals surface area contributed by atoms with E-state index in [0.29, 0.717) is 25.4 Å². The van der Waals surface area contributed by atoms with Crippen LogP contribution in [0.15, 0.2) is 5.51 Å². The predicted molar refractivity (Wildman–Crippen MR) is 134 cm³/mol. The summed E-state index contributed by atoms with van der Waals surface area (Å²) in [5.41, 5.74) is 2.57. The maximum atomic E-state index is 13.4. The summed E-state index contributed by atoms with van der Waals surface area (Å²) < 4.78 is 0. The van der Waals surface area contributed by atoms with Crippen molar-refractivity contribution < 1.29 is 14.4 Å². The second-order valence-corrected chi connectivity index (χ2v) is 11.9. The molecule has 4 aliphatic rings. The molecule has 0 bridgehead atoms. The number of aromatic nitrogens is 1. The van der Waals surface area contributed by atoms with Crippen LogP contribution in [0.4, 0.5) is 0 Å². The van der Waals surface area contributed by atoms with Crippen LogP contribution in [0.1, 0.15) is 56.0 Å². The number of rotatable bonds is 4. The van der Waals surface area contributed by atoms with Crippen LogP contribution < -0.4 is 5.32 Å². The number of carbonyl (C=O) groups is 3. The lowest BCUT2D eigenvalue weighted by molar-refractivity contribution is -0.136. The highest BCUT2D eigenvalue weighted by molar-refractivity contribution is 7.09. The summed E-state index contributed by atoms with van der Waals surface area (Å²) >= 11 is 1.69. The average Bonchev–Trinajstić information content (AvgIpc) is 3.45. The Hall–Kier alpha value is -2.04. The van der Waals surface area contributed by atoms with Gasteiger partial charge in [-0.3, -0.25) is 24.2 Å². The van der Waals surface area contributed by atoms with Gasteiger partial charge in [0.2, 0.25) is 17.7 Å². The van der Waals surface area contributed by atoms with Gasteiger partial charge < -0.3 is 15.1 Å². The lowest BCUT2D eigenvalue weighted by atomic mass is 9.84. The van der Waals surface area contributed by atoms with Crippen molar-refractivity contribution in [3.05, 3.63) is 16.1 Å². The van der Waals surface area contributed by atoms with Gasteiger partial charge in [-0.15, -0.1) is 11.3 Å². The Morgan fingerprint density at radius 1 is 1.20 bits per heavy atom. The van der Waals surface area contributed by atoms with Crippen molar-refractivity contribution in [2.75, 3.05) is 39.8 Å². The number of likely N-dealkylation sites (tertiary alicyclic amines) is 2. The van der Waals surface area contributed by atoms with Crippen molar-refractivity contribution in [1.29, 1.82) is 0 Å². The third-order valence-corrected chi connectivity index (χ3v) is 9.79. The first-order valence-electron chi connectivity index (χ1n) is 12.9. The zero-order valence-corrected chi connectivity index (χ0v) is 22.0. The summed E-state index contributed by atoms with van der Waals surface area (Å²) in [5.74, 6) is 0.272. The molecule has 35 heavy (non-hydrogen) atoms. The van der Waals surface area contributed by atoms with E-state index in [1.54, 1.807) is 18.3 Å². The Kier molecular flexibility index (Phi) is 6.89. The fraction of sp³-hybridized carbons (Fsp3) is 0.760. The maximum absolute atomic E-state index is 13.4. The second kappa shape index (κ2) is 9.78. The van der Waals surface area contributed by atoms with Crippen LogP contribution in [-0.4, -0.2) is 106 Å². The van der Waals surface area contributed by atoms with Gasteiger partial charge in [-0.05, 0) is 46.1 Å². The summed E-state index contributed by atoms with van der Waals surface area (Å²) in [6.07, 6.45) is 4.59. The van der Waals surface area contributed by atoms with Crippen LogP contribution in [0.5, 0.6) is 0 Å². The smallest absolute Gasteiger partial charge is 0.243 e. The van der Waals surface area contributed by atoms with Crippen LogP contribution >= 0.6 is 11.3 Å². The number of carbonyl (C=O) groups excluding carboxylic acids is 3. The van der Waals surface area contributed by atoms with Gasteiger partial charge in [-0.25, -0.2) is 4.98 Å². The SMILES string of the molecule is CC(=O)N1CCC(N(C)[C@H]2C[C@H]3C(=O)NC4(CCN(Cc5scnc5C)CC4)CC(=O)N3C2)CC1. The van der Waals surface area contributed by atoms with E-state index < -0.39 is 5.54 Å². The van der Waals surface area contributed by atoms with E-state index >= 15 is 0 Å². The quantitative estimate of drug-likeness (QED) is 0.666. The number of amides is 3. The molecule has 2 atom stereocenters. The highest BCUT2D eigenvalue weighted by atomic mass is 32.1. The molecule has 192 valence electrons. The fourth-order valence-electron chi connectivity index (χ4n) is 6.42. The molecule has 5 heterocycles. The van der Waals surface area contributed by atoms with E-state index in [2.05, 4.69) is 34.1 Å². The minimum absolute atomic E-state index is 0.0184. The first-order valence-corrected chi connectivity index (χ1v) is 13.8. The van der Waals surface area contributed by atoms with E-state index in [9.17, 15) is 14.4 Å². The monoisotopic (exact) mass is 502 g/mol. The van der Waals surface area contributed by atoms with Gasteiger partial charge in [0.25, 0.3) is 0 Å². The van der Waals surface area contributed by atoms with Crippen molar-refractivity contribution in [2.45, 2.75) is 82.6 Å². The molecule has 0 aliphatic carbocycles.